The molecule has 1 aromatic rings. The van der Waals surface area contributed by atoms with Crippen molar-refractivity contribution in [2.45, 2.75) is 26.3 Å². The van der Waals surface area contributed by atoms with Gasteiger partial charge in [0.05, 0.1) is 6.61 Å². The number of nitrogens with zero attached hydrogens (tertiary/aromatic N) is 1. The van der Waals surface area contributed by atoms with E-state index in [4.69, 9.17) is 4.74 Å². The van der Waals surface area contributed by atoms with Crippen molar-refractivity contribution in [2.24, 2.45) is 5.92 Å². The third kappa shape index (κ3) is 3.93. The van der Waals surface area contributed by atoms with E-state index in [1.807, 2.05) is 6.07 Å². The topological polar surface area (TPSA) is 24.5 Å². The van der Waals surface area contributed by atoms with E-state index in [9.17, 15) is 4.39 Å². The first-order valence-electron chi connectivity index (χ1n) is 7.47. The standard InChI is InChI=1S/C16H25FN2O/c1-3-7-18-10-14-9-15(17)4-5-16(14)19-8-6-13(11-19)12-20-2/h4-5,9,13,18H,3,6-8,10-12H2,1-2H3. The van der Waals surface area contributed by atoms with Gasteiger partial charge >= 0.3 is 0 Å². The minimum absolute atomic E-state index is 0.158. The minimum atomic E-state index is -0.158. The Balaban J connectivity index is 2.06. The maximum absolute atomic E-state index is 13.5. The first-order valence-corrected chi connectivity index (χ1v) is 7.47. The van der Waals surface area contributed by atoms with Crippen LogP contribution in [0.5, 0.6) is 0 Å². The van der Waals surface area contributed by atoms with E-state index in [1.54, 1.807) is 19.2 Å². The van der Waals surface area contributed by atoms with Crippen molar-refractivity contribution in [2.75, 3.05) is 38.3 Å². The average molecular weight is 280 g/mol. The molecule has 3 nitrogen and oxygen atoms in total. The van der Waals surface area contributed by atoms with Gasteiger partial charge < -0.3 is 15.0 Å². The van der Waals surface area contributed by atoms with Crippen LogP contribution in [0.4, 0.5) is 10.1 Å². The lowest BCUT2D eigenvalue weighted by molar-refractivity contribution is 0.161. The van der Waals surface area contributed by atoms with E-state index in [1.165, 1.54) is 0 Å². The third-order valence-electron chi connectivity index (χ3n) is 3.81. The predicted molar refractivity (Wildman–Crippen MR) is 80.6 cm³/mol. The van der Waals surface area contributed by atoms with Gasteiger partial charge in [-0.15, -0.1) is 0 Å². The van der Waals surface area contributed by atoms with Crippen LogP contribution in [0.1, 0.15) is 25.3 Å². The molecule has 0 spiro atoms. The summed E-state index contributed by atoms with van der Waals surface area (Å²) >= 11 is 0. The van der Waals surface area contributed by atoms with Gasteiger partial charge in [-0.05, 0) is 43.1 Å². The highest BCUT2D eigenvalue weighted by atomic mass is 19.1. The number of benzene rings is 1. The fraction of sp³-hybridized carbons (Fsp3) is 0.625. The number of rotatable bonds is 7. The smallest absolute Gasteiger partial charge is 0.123 e. The molecule has 1 aliphatic rings. The molecule has 0 bridgehead atoms. The maximum Gasteiger partial charge on any atom is 0.123 e. The van der Waals surface area contributed by atoms with E-state index in [0.29, 0.717) is 5.92 Å². The molecular weight excluding hydrogens is 255 g/mol. The Morgan fingerprint density at radius 2 is 2.30 bits per heavy atom. The van der Waals surface area contributed by atoms with Crippen LogP contribution in [-0.4, -0.2) is 33.4 Å². The lowest BCUT2D eigenvalue weighted by atomic mass is 10.1. The van der Waals surface area contributed by atoms with Crippen LogP contribution in [0.2, 0.25) is 0 Å². The molecule has 1 atom stereocenters. The molecule has 0 amide bonds. The summed E-state index contributed by atoms with van der Waals surface area (Å²) in [6.07, 6.45) is 2.23. The number of methoxy groups -OCH3 is 1. The van der Waals surface area contributed by atoms with Gasteiger partial charge in [0.25, 0.3) is 0 Å². The Morgan fingerprint density at radius 3 is 3.05 bits per heavy atom. The van der Waals surface area contributed by atoms with Crippen molar-refractivity contribution in [3.63, 3.8) is 0 Å². The summed E-state index contributed by atoms with van der Waals surface area (Å²) in [5.74, 6) is 0.427. The summed E-state index contributed by atoms with van der Waals surface area (Å²) in [6.45, 7) is 6.66. The van der Waals surface area contributed by atoms with Gasteiger partial charge in [-0.2, -0.15) is 0 Å². The van der Waals surface area contributed by atoms with Gasteiger partial charge in [-0.25, -0.2) is 4.39 Å². The van der Waals surface area contributed by atoms with Crippen molar-refractivity contribution in [3.05, 3.63) is 29.6 Å². The zero-order valence-electron chi connectivity index (χ0n) is 12.5. The minimum Gasteiger partial charge on any atom is -0.384 e. The SMILES string of the molecule is CCCNCc1cc(F)ccc1N1CCC(COC)C1. The Kier molecular flexibility index (Phi) is 5.80. The number of nitrogens with one attached hydrogen (secondary N) is 1. The molecule has 1 fully saturated rings. The van der Waals surface area contributed by atoms with E-state index in [-0.39, 0.29) is 5.82 Å². The van der Waals surface area contributed by atoms with Crippen LogP contribution >= 0.6 is 0 Å². The molecule has 0 radical (unpaired) electrons. The number of ether oxygens (including phenoxy) is 1. The van der Waals surface area contributed by atoms with Crippen LogP contribution in [-0.2, 0) is 11.3 Å². The van der Waals surface area contributed by atoms with Crippen LogP contribution in [0, 0.1) is 11.7 Å². The average Bonchev–Trinajstić information content (AvgIpc) is 2.88. The predicted octanol–water partition coefficient (Wildman–Crippen LogP) is 2.80. The molecule has 1 unspecified atom stereocenters. The lowest BCUT2D eigenvalue weighted by Crippen LogP contribution is -2.24. The Bertz CT molecular complexity index is 425. The molecule has 1 N–H and O–H groups in total. The molecule has 1 saturated heterocycles. The number of hydrogen-bond donors (Lipinski definition) is 1. The Hall–Kier alpha value is -1.13. The highest BCUT2D eigenvalue weighted by molar-refractivity contribution is 5.54. The first kappa shape index (κ1) is 15.3. The molecule has 1 aromatic carbocycles. The Labute approximate surface area is 121 Å². The van der Waals surface area contributed by atoms with E-state index < -0.39 is 0 Å². The van der Waals surface area contributed by atoms with Crippen molar-refractivity contribution >= 4 is 5.69 Å². The van der Waals surface area contributed by atoms with E-state index in [2.05, 4.69) is 17.1 Å². The summed E-state index contributed by atoms with van der Waals surface area (Å²) in [7, 11) is 1.75. The summed E-state index contributed by atoms with van der Waals surface area (Å²) in [5.41, 5.74) is 2.21. The molecule has 2 rings (SSSR count). The van der Waals surface area contributed by atoms with Gasteiger partial charge in [0, 0.05) is 38.3 Å². The molecule has 0 saturated carbocycles. The quantitative estimate of drug-likeness (QED) is 0.777. The van der Waals surface area contributed by atoms with E-state index >= 15 is 0 Å². The molecule has 0 aromatic heterocycles. The zero-order chi connectivity index (χ0) is 14.4. The van der Waals surface area contributed by atoms with Crippen LogP contribution in [0.25, 0.3) is 0 Å². The second kappa shape index (κ2) is 7.60. The van der Waals surface area contributed by atoms with E-state index in [0.717, 1.165) is 56.9 Å². The fourth-order valence-corrected chi connectivity index (χ4v) is 2.83. The van der Waals surface area contributed by atoms with Crippen molar-refractivity contribution in [1.82, 2.24) is 5.32 Å². The normalized spacial score (nSPS) is 18.8. The summed E-state index contributed by atoms with van der Waals surface area (Å²) in [6, 6.07) is 5.12. The maximum atomic E-state index is 13.5. The largest absolute Gasteiger partial charge is 0.384 e. The van der Waals surface area contributed by atoms with Crippen molar-refractivity contribution in [1.29, 1.82) is 0 Å². The monoisotopic (exact) mass is 280 g/mol. The molecule has 1 heterocycles. The molecular formula is C16H25FN2O. The van der Waals surface area contributed by atoms with Crippen molar-refractivity contribution in [3.8, 4) is 0 Å². The Morgan fingerprint density at radius 1 is 1.45 bits per heavy atom. The van der Waals surface area contributed by atoms with Gasteiger partial charge in [-0.3, -0.25) is 0 Å². The molecule has 1 aliphatic heterocycles. The van der Waals surface area contributed by atoms with Crippen LogP contribution in [0.15, 0.2) is 18.2 Å². The summed E-state index contributed by atoms with van der Waals surface area (Å²) < 4.78 is 18.7. The molecule has 0 aliphatic carbocycles. The zero-order valence-corrected chi connectivity index (χ0v) is 12.5. The first-order chi connectivity index (χ1) is 9.74. The second-order valence-electron chi connectivity index (χ2n) is 5.51. The third-order valence-corrected chi connectivity index (χ3v) is 3.81. The highest BCUT2D eigenvalue weighted by Crippen LogP contribution is 2.28. The van der Waals surface area contributed by atoms with Crippen LogP contribution in [0.3, 0.4) is 0 Å². The van der Waals surface area contributed by atoms with Crippen molar-refractivity contribution < 1.29 is 9.13 Å². The van der Waals surface area contributed by atoms with Gasteiger partial charge in [0.15, 0.2) is 0 Å². The summed E-state index contributed by atoms with van der Waals surface area (Å²) in [4.78, 5) is 2.35. The molecule has 112 valence electrons. The second-order valence-corrected chi connectivity index (χ2v) is 5.51. The van der Waals surface area contributed by atoms with Gasteiger partial charge in [-0.1, -0.05) is 6.92 Å². The molecule has 4 heteroatoms. The van der Waals surface area contributed by atoms with Crippen LogP contribution < -0.4 is 10.2 Å². The number of anilines is 1. The number of halogens is 1. The highest BCUT2D eigenvalue weighted by Gasteiger charge is 2.24. The number of hydrogen-bond acceptors (Lipinski definition) is 3. The van der Waals surface area contributed by atoms with Gasteiger partial charge in [0.2, 0.25) is 0 Å². The lowest BCUT2D eigenvalue weighted by Gasteiger charge is -2.22. The fourth-order valence-electron chi connectivity index (χ4n) is 2.83. The summed E-state index contributed by atoms with van der Waals surface area (Å²) in [5, 5.41) is 3.36. The van der Waals surface area contributed by atoms with Gasteiger partial charge in [0.1, 0.15) is 5.82 Å². The molecule has 20 heavy (non-hydrogen) atoms.